The van der Waals surface area contributed by atoms with Gasteiger partial charge in [-0.25, -0.2) is 4.39 Å². The summed E-state index contributed by atoms with van der Waals surface area (Å²) in [5, 5.41) is 3.40. The molecule has 29 heavy (non-hydrogen) atoms. The average molecular weight is 517 g/mol. The minimum Gasteiger partial charge on any atom is -0.466 e. The number of nitrogens with one attached hydrogen (secondary N) is 1. The SMILES string of the molecule is CCNC(=NCC1(c2ccc(F)cc2)CCC1)N1CCC(C(=O)OCC)CC1.I. The van der Waals surface area contributed by atoms with Crippen molar-refractivity contribution in [2.45, 2.75) is 51.4 Å². The van der Waals surface area contributed by atoms with Crippen LogP contribution in [0.2, 0.25) is 0 Å². The van der Waals surface area contributed by atoms with Crippen molar-refractivity contribution in [3.8, 4) is 0 Å². The van der Waals surface area contributed by atoms with E-state index in [4.69, 9.17) is 9.73 Å². The Bertz CT molecular complexity index is 684. The number of piperidine rings is 1. The minimum absolute atomic E-state index is 0. The summed E-state index contributed by atoms with van der Waals surface area (Å²) in [6, 6.07) is 6.90. The summed E-state index contributed by atoms with van der Waals surface area (Å²) < 4.78 is 18.5. The van der Waals surface area contributed by atoms with Crippen LogP contribution >= 0.6 is 24.0 Å². The zero-order valence-corrected chi connectivity index (χ0v) is 19.8. The number of rotatable bonds is 6. The molecule has 7 heteroatoms. The largest absolute Gasteiger partial charge is 0.466 e. The van der Waals surface area contributed by atoms with Crippen LogP contribution in [0, 0.1) is 11.7 Å². The van der Waals surface area contributed by atoms with E-state index in [9.17, 15) is 9.18 Å². The third-order valence-corrected chi connectivity index (χ3v) is 6.05. The Morgan fingerprint density at radius 2 is 1.90 bits per heavy atom. The Hall–Kier alpha value is -1.38. The molecule has 1 N–H and O–H groups in total. The van der Waals surface area contributed by atoms with E-state index in [1.165, 1.54) is 12.0 Å². The highest BCUT2D eigenvalue weighted by molar-refractivity contribution is 14.0. The Morgan fingerprint density at radius 1 is 1.24 bits per heavy atom. The normalized spacial score (nSPS) is 19.1. The lowest BCUT2D eigenvalue weighted by atomic mass is 9.64. The predicted octanol–water partition coefficient (Wildman–Crippen LogP) is 4.11. The number of guanidine groups is 1. The van der Waals surface area contributed by atoms with E-state index in [0.717, 1.165) is 51.3 Å². The van der Waals surface area contributed by atoms with Crippen molar-refractivity contribution >= 4 is 35.9 Å². The number of benzene rings is 1. The average Bonchev–Trinajstić information content (AvgIpc) is 2.68. The van der Waals surface area contributed by atoms with Crippen molar-refractivity contribution in [2.24, 2.45) is 10.9 Å². The van der Waals surface area contributed by atoms with Gasteiger partial charge in [0.05, 0.1) is 19.1 Å². The molecule has 1 heterocycles. The third-order valence-electron chi connectivity index (χ3n) is 6.05. The second-order valence-corrected chi connectivity index (χ2v) is 7.82. The predicted molar refractivity (Wildman–Crippen MR) is 124 cm³/mol. The first-order valence-corrected chi connectivity index (χ1v) is 10.5. The van der Waals surface area contributed by atoms with Crippen molar-refractivity contribution in [3.63, 3.8) is 0 Å². The van der Waals surface area contributed by atoms with E-state index in [0.29, 0.717) is 13.2 Å². The highest BCUT2D eigenvalue weighted by Gasteiger charge is 2.39. The summed E-state index contributed by atoms with van der Waals surface area (Å²) in [5.74, 6) is 0.641. The zero-order valence-electron chi connectivity index (χ0n) is 17.5. The molecule has 5 nitrogen and oxygen atoms in total. The highest BCUT2D eigenvalue weighted by atomic mass is 127. The number of hydrogen-bond acceptors (Lipinski definition) is 3. The van der Waals surface area contributed by atoms with Gasteiger partial charge in [0, 0.05) is 25.0 Å². The van der Waals surface area contributed by atoms with Gasteiger partial charge in [0.2, 0.25) is 0 Å². The maximum atomic E-state index is 13.3. The van der Waals surface area contributed by atoms with Gasteiger partial charge in [0.25, 0.3) is 0 Å². The van der Waals surface area contributed by atoms with Crippen LogP contribution in [0.5, 0.6) is 0 Å². The van der Waals surface area contributed by atoms with Crippen molar-refractivity contribution < 1.29 is 13.9 Å². The number of carbonyl (C=O) groups excluding carboxylic acids is 1. The van der Waals surface area contributed by atoms with E-state index < -0.39 is 0 Å². The monoisotopic (exact) mass is 517 g/mol. The van der Waals surface area contributed by atoms with Crippen molar-refractivity contribution in [1.29, 1.82) is 0 Å². The van der Waals surface area contributed by atoms with Crippen LogP contribution in [0.1, 0.15) is 51.5 Å². The van der Waals surface area contributed by atoms with Crippen LogP contribution in [0.3, 0.4) is 0 Å². The van der Waals surface area contributed by atoms with Gasteiger partial charge in [-0.05, 0) is 57.2 Å². The molecule has 1 saturated heterocycles. The lowest BCUT2D eigenvalue weighted by Gasteiger charge is -2.42. The Morgan fingerprint density at radius 3 is 2.41 bits per heavy atom. The van der Waals surface area contributed by atoms with Crippen molar-refractivity contribution in [3.05, 3.63) is 35.6 Å². The summed E-state index contributed by atoms with van der Waals surface area (Å²) in [7, 11) is 0. The molecule has 3 rings (SSSR count). The molecule has 0 aromatic heterocycles. The van der Waals surface area contributed by atoms with Crippen molar-refractivity contribution in [2.75, 3.05) is 32.8 Å². The summed E-state index contributed by atoms with van der Waals surface area (Å²) in [6.45, 7) is 7.48. The quantitative estimate of drug-likeness (QED) is 0.267. The third kappa shape index (κ3) is 5.83. The van der Waals surface area contributed by atoms with Gasteiger partial charge in [-0.3, -0.25) is 9.79 Å². The number of hydrogen-bond donors (Lipinski definition) is 1. The topological polar surface area (TPSA) is 53.9 Å². The molecule has 0 radical (unpaired) electrons. The van der Waals surface area contributed by atoms with Gasteiger partial charge in [-0.1, -0.05) is 18.6 Å². The lowest BCUT2D eigenvalue weighted by molar-refractivity contribution is -0.149. The van der Waals surface area contributed by atoms with E-state index in [1.54, 1.807) is 12.1 Å². The molecule has 1 aromatic carbocycles. The number of likely N-dealkylation sites (tertiary alicyclic amines) is 1. The van der Waals surface area contributed by atoms with Crippen LogP contribution in [-0.2, 0) is 14.9 Å². The van der Waals surface area contributed by atoms with Gasteiger partial charge in [-0.15, -0.1) is 24.0 Å². The summed E-state index contributed by atoms with van der Waals surface area (Å²) in [5.41, 5.74) is 1.21. The van der Waals surface area contributed by atoms with Gasteiger partial charge in [0.15, 0.2) is 5.96 Å². The maximum absolute atomic E-state index is 13.3. The van der Waals surface area contributed by atoms with E-state index in [-0.39, 0.29) is 47.1 Å². The van der Waals surface area contributed by atoms with E-state index in [2.05, 4.69) is 17.1 Å². The number of halogens is 2. The fraction of sp³-hybridized carbons (Fsp3) is 0.636. The molecule has 2 fully saturated rings. The molecule has 162 valence electrons. The fourth-order valence-electron chi connectivity index (χ4n) is 4.18. The van der Waals surface area contributed by atoms with Crippen LogP contribution in [0.15, 0.2) is 29.3 Å². The second-order valence-electron chi connectivity index (χ2n) is 7.82. The summed E-state index contributed by atoms with van der Waals surface area (Å²) >= 11 is 0. The van der Waals surface area contributed by atoms with Crippen LogP contribution in [0.25, 0.3) is 0 Å². The molecule has 1 saturated carbocycles. The molecule has 0 bridgehead atoms. The molecule has 0 atom stereocenters. The molecule has 0 unspecified atom stereocenters. The molecule has 1 aliphatic heterocycles. The standard InChI is InChI=1S/C22H32FN3O2.HI/c1-3-24-21(26-14-10-17(11-15-26)20(27)28-4-2)25-16-22(12-5-13-22)18-6-8-19(23)9-7-18;/h6-9,17H,3-5,10-16H2,1-2H3,(H,24,25);1H. The first-order valence-electron chi connectivity index (χ1n) is 10.5. The first-order chi connectivity index (χ1) is 13.6. The van der Waals surface area contributed by atoms with Crippen molar-refractivity contribution in [1.82, 2.24) is 10.2 Å². The summed E-state index contributed by atoms with van der Waals surface area (Å²) in [4.78, 5) is 19.2. The molecular weight excluding hydrogens is 484 g/mol. The number of aliphatic imine (C=N–C) groups is 1. The maximum Gasteiger partial charge on any atom is 0.309 e. The van der Waals surface area contributed by atoms with E-state index >= 15 is 0 Å². The van der Waals surface area contributed by atoms with Gasteiger partial charge in [-0.2, -0.15) is 0 Å². The zero-order chi connectivity index (χ0) is 20.0. The summed E-state index contributed by atoms with van der Waals surface area (Å²) in [6.07, 6.45) is 4.96. The smallest absolute Gasteiger partial charge is 0.309 e. The van der Waals surface area contributed by atoms with Crippen LogP contribution in [-0.4, -0.2) is 49.6 Å². The molecule has 0 spiro atoms. The van der Waals surface area contributed by atoms with Gasteiger partial charge < -0.3 is 15.0 Å². The Kier molecular flexibility index (Phi) is 9.17. The Balaban J connectivity index is 0.00000300. The molecule has 2 aliphatic rings. The first kappa shape index (κ1) is 23.9. The molecule has 0 amide bonds. The second kappa shape index (κ2) is 11.1. The fourth-order valence-corrected chi connectivity index (χ4v) is 4.18. The minimum atomic E-state index is -0.195. The highest BCUT2D eigenvalue weighted by Crippen LogP contribution is 2.44. The lowest BCUT2D eigenvalue weighted by Crippen LogP contribution is -2.47. The number of carbonyl (C=O) groups is 1. The van der Waals surface area contributed by atoms with Crippen LogP contribution < -0.4 is 5.32 Å². The molecule has 1 aliphatic carbocycles. The number of ether oxygens (including phenoxy) is 1. The van der Waals surface area contributed by atoms with Gasteiger partial charge >= 0.3 is 5.97 Å². The van der Waals surface area contributed by atoms with E-state index in [1.807, 2.05) is 19.1 Å². The molecule has 1 aromatic rings. The number of esters is 1. The van der Waals surface area contributed by atoms with Crippen LogP contribution in [0.4, 0.5) is 4.39 Å². The van der Waals surface area contributed by atoms with Gasteiger partial charge in [0.1, 0.15) is 5.82 Å². The Labute approximate surface area is 190 Å². The number of nitrogens with zero attached hydrogens (tertiary/aromatic N) is 2. The molecular formula is C22H33FIN3O2.